The van der Waals surface area contributed by atoms with Gasteiger partial charge in [0.15, 0.2) is 0 Å². The van der Waals surface area contributed by atoms with E-state index in [9.17, 15) is 59.4 Å². The molecule has 2 aromatic carbocycles. The SMILES string of the molecule is O=C(O)c1c(C(=O)O)c(C(=O)O)c2c(C(=O)O)ccc(C(=O)O)c2c1C(=O)O. The molecule has 0 fully saturated rings. The maximum absolute atomic E-state index is 11.7. The molecular weight excluding hydrogens is 384 g/mol. The zero-order valence-electron chi connectivity index (χ0n) is 13.3. The van der Waals surface area contributed by atoms with Crippen molar-refractivity contribution in [1.82, 2.24) is 0 Å². The standard InChI is InChI=1S/C16H8O12/c17-11(18)3-1-2-4(12(19)20)6-5(3)7(13(21)22)9(15(25)26)10(16(27)28)8(6)14(23)24/h1-2H,(H,17,18)(H,19,20)(H,21,22)(H,23,24)(H,25,26)(H,27,28). The monoisotopic (exact) mass is 392 g/mol. The summed E-state index contributed by atoms with van der Waals surface area (Å²) < 4.78 is 0. The summed E-state index contributed by atoms with van der Waals surface area (Å²) >= 11 is 0. The Morgan fingerprint density at radius 2 is 0.679 bits per heavy atom. The molecule has 0 bridgehead atoms. The van der Waals surface area contributed by atoms with Crippen LogP contribution in [-0.2, 0) is 0 Å². The largest absolute Gasteiger partial charge is 0.478 e. The molecule has 0 saturated heterocycles. The van der Waals surface area contributed by atoms with Crippen molar-refractivity contribution >= 4 is 46.6 Å². The third-order valence-corrected chi connectivity index (χ3v) is 3.77. The van der Waals surface area contributed by atoms with Crippen molar-refractivity contribution in [3.8, 4) is 0 Å². The van der Waals surface area contributed by atoms with Crippen molar-refractivity contribution in [1.29, 1.82) is 0 Å². The van der Waals surface area contributed by atoms with Crippen molar-refractivity contribution in [2.75, 3.05) is 0 Å². The molecule has 6 N–H and O–H groups in total. The molecule has 0 atom stereocenters. The summed E-state index contributed by atoms with van der Waals surface area (Å²) in [4.78, 5) is 69.6. The molecule has 0 saturated carbocycles. The summed E-state index contributed by atoms with van der Waals surface area (Å²) in [6.45, 7) is 0. The second-order valence-electron chi connectivity index (χ2n) is 5.24. The molecule has 0 amide bonds. The van der Waals surface area contributed by atoms with Gasteiger partial charge < -0.3 is 30.6 Å². The second kappa shape index (κ2) is 6.68. The van der Waals surface area contributed by atoms with Crippen LogP contribution in [0.5, 0.6) is 0 Å². The van der Waals surface area contributed by atoms with Crippen LogP contribution in [0.3, 0.4) is 0 Å². The van der Waals surface area contributed by atoms with Crippen LogP contribution in [-0.4, -0.2) is 66.5 Å². The first-order chi connectivity index (χ1) is 12.9. The van der Waals surface area contributed by atoms with Crippen LogP contribution >= 0.6 is 0 Å². The third-order valence-electron chi connectivity index (χ3n) is 3.77. The lowest BCUT2D eigenvalue weighted by Gasteiger charge is -2.17. The molecule has 2 aromatic rings. The average molecular weight is 392 g/mol. The lowest BCUT2D eigenvalue weighted by molar-refractivity contribution is 0.0621. The summed E-state index contributed by atoms with van der Waals surface area (Å²) in [6.07, 6.45) is 0. The Bertz CT molecular complexity index is 1040. The normalized spacial score (nSPS) is 10.4. The van der Waals surface area contributed by atoms with Crippen molar-refractivity contribution in [3.05, 3.63) is 45.5 Å². The van der Waals surface area contributed by atoms with E-state index in [0.29, 0.717) is 12.1 Å². The Kier molecular flexibility index (Phi) is 4.73. The van der Waals surface area contributed by atoms with Crippen molar-refractivity contribution in [2.45, 2.75) is 0 Å². The van der Waals surface area contributed by atoms with Crippen molar-refractivity contribution in [2.24, 2.45) is 0 Å². The highest BCUT2D eigenvalue weighted by molar-refractivity contribution is 6.28. The highest BCUT2D eigenvalue weighted by Gasteiger charge is 2.36. The predicted octanol–water partition coefficient (Wildman–Crippen LogP) is 1.03. The molecular formula is C16H8O12. The molecule has 0 aromatic heterocycles. The Morgan fingerprint density at radius 1 is 0.429 bits per heavy atom. The van der Waals surface area contributed by atoms with Gasteiger partial charge in [-0.1, -0.05) is 0 Å². The number of hydrogen-bond donors (Lipinski definition) is 6. The Morgan fingerprint density at radius 3 is 0.857 bits per heavy atom. The zero-order valence-corrected chi connectivity index (χ0v) is 13.3. The first kappa shape index (κ1) is 19.8. The van der Waals surface area contributed by atoms with Crippen LogP contribution in [0.25, 0.3) is 10.8 Å². The first-order valence-electron chi connectivity index (χ1n) is 6.98. The molecule has 0 spiro atoms. The molecule has 0 unspecified atom stereocenters. The number of carbonyl (C=O) groups is 6. The molecule has 2 rings (SSSR count). The maximum Gasteiger partial charge on any atom is 0.337 e. The van der Waals surface area contributed by atoms with Crippen LogP contribution < -0.4 is 0 Å². The third kappa shape index (κ3) is 2.84. The van der Waals surface area contributed by atoms with E-state index in [2.05, 4.69) is 0 Å². The molecule has 0 radical (unpaired) electrons. The molecule has 12 nitrogen and oxygen atoms in total. The number of rotatable bonds is 6. The van der Waals surface area contributed by atoms with Gasteiger partial charge in [-0.05, 0) is 12.1 Å². The number of hydrogen-bond acceptors (Lipinski definition) is 6. The molecule has 12 heteroatoms. The van der Waals surface area contributed by atoms with Gasteiger partial charge in [-0.25, -0.2) is 28.8 Å². The fourth-order valence-electron chi connectivity index (χ4n) is 2.83. The lowest BCUT2D eigenvalue weighted by Crippen LogP contribution is -2.22. The number of benzene rings is 2. The fraction of sp³-hybridized carbons (Fsp3) is 0. The van der Waals surface area contributed by atoms with E-state index >= 15 is 0 Å². The highest BCUT2D eigenvalue weighted by Crippen LogP contribution is 2.36. The van der Waals surface area contributed by atoms with Gasteiger partial charge in [0.05, 0.1) is 33.4 Å². The fourth-order valence-corrected chi connectivity index (χ4v) is 2.83. The second-order valence-corrected chi connectivity index (χ2v) is 5.24. The van der Waals surface area contributed by atoms with E-state index < -0.39 is 80.0 Å². The maximum atomic E-state index is 11.7. The highest BCUT2D eigenvalue weighted by atomic mass is 16.4. The summed E-state index contributed by atoms with van der Waals surface area (Å²) in [5, 5.41) is 54.1. The Hall–Kier alpha value is -4.48. The topological polar surface area (TPSA) is 224 Å². The molecule has 0 heterocycles. The molecule has 0 aliphatic heterocycles. The number of aromatic carboxylic acids is 6. The van der Waals surface area contributed by atoms with Gasteiger partial charge in [-0.3, -0.25) is 0 Å². The van der Waals surface area contributed by atoms with Crippen LogP contribution in [0.4, 0.5) is 0 Å². The molecule has 144 valence electrons. The molecule has 28 heavy (non-hydrogen) atoms. The Balaban J connectivity index is 3.54. The van der Waals surface area contributed by atoms with E-state index in [1.54, 1.807) is 0 Å². The summed E-state index contributed by atoms with van der Waals surface area (Å²) in [5.41, 5.74) is -7.53. The van der Waals surface area contributed by atoms with Gasteiger partial charge in [-0.15, -0.1) is 0 Å². The van der Waals surface area contributed by atoms with Gasteiger partial charge in [0, 0.05) is 10.8 Å². The number of fused-ring (bicyclic) bond motifs is 1. The van der Waals surface area contributed by atoms with Gasteiger partial charge in [0.25, 0.3) is 0 Å². The van der Waals surface area contributed by atoms with E-state index in [0.717, 1.165) is 0 Å². The van der Waals surface area contributed by atoms with Gasteiger partial charge in [0.2, 0.25) is 0 Å². The Labute approximate surface area is 152 Å². The van der Waals surface area contributed by atoms with Crippen LogP contribution in [0.1, 0.15) is 62.1 Å². The quantitative estimate of drug-likeness (QED) is 0.405. The minimum Gasteiger partial charge on any atom is -0.478 e. The van der Waals surface area contributed by atoms with Crippen LogP contribution in [0.15, 0.2) is 12.1 Å². The van der Waals surface area contributed by atoms with Gasteiger partial charge in [0.1, 0.15) is 0 Å². The van der Waals surface area contributed by atoms with Crippen LogP contribution in [0.2, 0.25) is 0 Å². The van der Waals surface area contributed by atoms with Crippen LogP contribution in [0, 0.1) is 0 Å². The number of carboxylic acid groups (broad SMARTS) is 6. The van der Waals surface area contributed by atoms with E-state index in [1.165, 1.54) is 0 Å². The average Bonchev–Trinajstić information content (AvgIpc) is 2.57. The lowest BCUT2D eigenvalue weighted by atomic mass is 9.84. The summed E-state index contributed by atoms with van der Waals surface area (Å²) in [5.74, 6) is -12.1. The van der Waals surface area contributed by atoms with Crippen molar-refractivity contribution in [3.63, 3.8) is 0 Å². The predicted molar refractivity (Wildman–Crippen MR) is 85.7 cm³/mol. The van der Waals surface area contributed by atoms with Gasteiger partial charge in [-0.2, -0.15) is 0 Å². The summed E-state index contributed by atoms with van der Waals surface area (Å²) in [7, 11) is 0. The first-order valence-corrected chi connectivity index (χ1v) is 6.98. The zero-order chi connectivity index (χ0) is 21.5. The van der Waals surface area contributed by atoms with E-state index in [-0.39, 0.29) is 0 Å². The molecule has 0 aliphatic carbocycles. The van der Waals surface area contributed by atoms with E-state index in [4.69, 9.17) is 0 Å². The van der Waals surface area contributed by atoms with Crippen molar-refractivity contribution < 1.29 is 59.4 Å². The minimum atomic E-state index is -2.16. The smallest absolute Gasteiger partial charge is 0.337 e. The molecule has 0 aliphatic rings. The minimum absolute atomic E-state index is 0.651. The van der Waals surface area contributed by atoms with Gasteiger partial charge >= 0.3 is 35.8 Å². The number of carboxylic acids is 6. The summed E-state index contributed by atoms with van der Waals surface area (Å²) in [6, 6.07) is 1.30. The van der Waals surface area contributed by atoms with E-state index in [1.807, 2.05) is 0 Å².